The van der Waals surface area contributed by atoms with Crippen LogP contribution in [0.2, 0.25) is 5.15 Å². The van der Waals surface area contributed by atoms with Gasteiger partial charge in [-0.1, -0.05) is 11.6 Å². The van der Waals surface area contributed by atoms with Crippen molar-refractivity contribution in [3.63, 3.8) is 0 Å². The Morgan fingerprint density at radius 1 is 1.26 bits per heavy atom. The summed E-state index contributed by atoms with van der Waals surface area (Å²) in [5.41, 5.74) is 4.84. The predicted molar refractivity (Wildman–Crippen MR) is 96.7 cm³/mol. The third kappa shape index (κ3) is 3.39. The molecule has 1 saturated heterocycles. The molecule has 0 radical (unpaired) electrons. The second-order valence-corrected chi connectivity index (χ2v) is 7.15. The molecule has 2 aromatic heterocycles. The van der Waals surface area contributed by atoms with E-state index in [4.69, 9.17) is 21.4 Å². The van der Waals surface area contributed by atoms with E-state index < -0.39 is 0 Å². The van der Waals surface area contributed by atoms with Gasteiger partial charge >= 0.3 is 0 Å². The van der Waals surface area contributed by atoms with Crippen molar-refractivity contribution in [3.05, 3.63) is 22.2 Å². The smallest absolute Gasteiger partial charge is 0.157 e. The number of aromatic nitrogens is 3. The van der Waals surface area contributed by atoms with E-state index in [0.717, 1.165) is 46.9 Å². The van der Waals surface area contributed by atoms with Gasteiger partial charge in [0.05, 0.1) is 0 Å². The number of ether oxygens (including phenoxy) is 1. The zero-order valence-corrected chi connectivity index (χ0v) is 15.3. The number of pyridine rings is 1. The van der Waals surface area contributed by atoms with Gasteiger partial charge in [0.1, 0.15) is 17.6 Å². The fraction of sp³-hybridized carbons (Fsp3) is 0.562. The molecule has 0 atom stereocenters. The van der Waals surface area contributed by atoms with Gasteiger partial charge in [-0.15, -0.1) is 0 Å². The van der Waals surface area contributed by atoms with Gasteiger partial charge in [-0.25, -0.2) is 14.6 Å². The molecular formula is C16H21ClN4OS. The van der Waals surface area contributed by atoms with Crippen LogP contribution >= 0.6 is 23.4 Å². The Bertz CT molecular complexity index is 748. The van der Waals surface area contributed by atoms with Gasteiger partial charge in [0.15, 0.2) is 11.0 Å². The lowest BCUT2D eigenvalue weighted by Gasteiger charge is -2.14. The summed E-state index contributed by atoms with van der Waals surface area (Å²) in [5, 5.41) is 5.32. The number of aryl methyl sites for hydroxylation is 2. The summed E-state index contributed by atoms with van der Waals surface area (Å²) in [6.45, 7) is 7.04. The molecule has 124 valence electrons. The third-order valence-corrected chi connectivity index (χ3v) is 5.28. The minimum Gasteiger partial charge on any atom is -0.374 e. The van der Waals surface area contributed by atoms with Crippen LogP contribution in [0.5, 0.6) is 0 Å². The minimum absolute atomic E-state index is 0.422. The summed E-state index contributed by atoms with van der Waals surface area (Å²) in [4.78, 5) is 9.03. The van der Waals surface area contributed by atoms with Crippen LogP contribution in [0, 0.1) is 13.8 Å². The Kier molecular flexibility index (Phi) is 5.24. The van der Waals surface area contributed by atoms with Gasteiger partial charge in [-0.2, -0.15) is 16.9 Å². The predicted octanol–water partition coefficient (Wildman–Crippen LogP) is 3.97. The summed E-state index contributed by atoms with van der Waals surface area (Å²) >= 11 is 8.30. The first-order valence-electron chi connectivity index (χ1n) is 7.88. The molecule has 5 nitrogen and oxygen atoms in total. The molecule has 1 aliphatic rings. The summed E-state index contributed by atoms with van der Waals surface area (Å²) in [6, 6.07) is 0. The van der Waals surface area contributed by atoms with Crippen molar-refractivity contribution in [1.29, 1.82) is 0 Å². The van der Waals surface area contributed by atoms with Crippen LogP contribution < -0.4 is 0 Å². The van der Waals surface area contributed by atoms with Crippen LogP contribution in [0.1, 0.15) is 36.8 Å². The maximum atomic E-state index is 6.32. The van der Waals surface area contributed by atoms with E-state index in [9.17, 15) is 0 Å². The molecule has 3 heterocycles. The Hall–Kier alpha value is -1.11. The van der Waals surface area contributed by atoms with E-state index >= 15 is 0 Å². The number of hydrogen-bond donors (Lipinski definition) is 0. The second-order valence-electron chi connectivity index (χ2n) is 5.57. The van der Waals surface area contributed by atoms with Crippen molar-refractivity contribution >= 4 is 40.1 Å². The average Bonchev–Trinajstić information content (AvgIpc) is 2.91. The van der Waals surface area contributed by atoms with Crippen LogP contribution in [-0.4, -0.2) is 38.5 Å². The molecule has 0 amide bonds. The topological polar surface area (TPSA) is 52.3 Å². The highest BCUT2D eigenvalue weighted by Gasteiger charge is 2.19. The molecule has 23 heavy (non-hydrogen) atoms. The number of imidazole rings is 1. The third-order valence-electron chi connectivity index (χ3n) is 4.03. The van der Waals surface area contributed by atoms with Crippen LogP contribution in [0.3, 0.4) is 0 Å². The lowest BCUT2D eigenvalue weighted by Crippen LogP contribution is -2.12. The van der Waals surface area contributed by atoms with Gasteiger partial charge in [0.2, 0.25) is 0 Å². The van der Waals surface area contributed by atoms with E-state index in [0.29, 0.717) is 23.9 Å². The lowest BCUT2D eigenvalue weighted by atomic mass is 10.2. The van der Waals surface area contributed by atoms with Crippen LogP contribution in [-0.2, 0) is 11.3 Å². The van der Waals surface area contributed by atoms with Crippen molar-refractivity contribution in [2.24, 2.45) is 5.10 Å². The Morgan fingerprint density at radius 2 is 2.00 bits per heavy atom. The van der Waals surface area contributed by atoms with Crippen LogP contribution in [0.25, 0.3) is 11.0 Å². The molecule has 3 rings (SSSR count). The molecule has 0 N–H and O–H groups in total. The summed E-state index contributed by atoms with van der Waals surface area (Å²) in [5.74, 6) is 3.05. The fourth-order valence-corrected chi connectivity index (χ4v) is 3.86. The number of thioether (sulfide) groups is 1. The molecular weight excluding hydrogens is 332 g/mol. The Morgan fingerprint density at radius 3 is 2.70 bits per heavy atom. The van der Waals surface area contributed by atoms with E-state index in [1.807, 2.05) is 37.2 Å². The van der Waals surface area contributed by atoms with Gasteiger partial charge in [0, 0.05) is 18.0 Å². The summed E-state index contributed by atoms with van der Waals surface area (Å²) in [6.07, 6.45) is 2.05. The SMILES string of the molecule is CCOCc1nc2c(Cl)nc(C)c(C)c2n1N=C1CCSCC1. The minimum atomic E-state index is 0.422. The van der Waals surface area contributed by atoms with Crippen molar-refractivity contribution in [2.45, 2.75) is 40.2 Å². The fourth-order valence-electron chi connectivity index (χ4n) is 2.64. The molecule has 0 unspecified atom stereocenters. The standard InChI is InChI=1S/C16H21ClN4OS/c1-4-22-9-13-19-14-15(10(2)11(3)18-16(14)17)21(13)20-12-5-7-23-8-6-12/h4-9H2,1-3H3. The number of hydrogen-bond acceptors (Lipinski definition) is 5. The average molecular weight is 353 g/mol. The van der Waals surface area contributed by atoms with Crippen molar-refractivity contribution in [2.75, 3.05) is 18.1 Å². The zero-order valence-electron chi connectivity index (χ0n) is 13.7. The molecule has 1 fully saturated rings. The van der Waals surface area contributed by atoms with E-state index in [-0.39, 0.29) is 0 Å². The summed E-state index contributed by atoms with van der Waals surface area (Å²) < 4.78 is 7.49. The van der Waals surface area contributed by atoms with Gasteiger partial charge < -0.3 is 4.74 Å². The highest BCUT2D eigenvalue weighted by Crippen LogP contribution is 2.28. The normalized spacial score (nSPS) is 15.4. The molecule has 7 heteroatoms. The summed E-state index contributed by atoms with van der Waals surface area (Å²) in [7, 11) is 0. The molecule has 2 aromatic rings. The first-order valence-corrected chi connectivity index (χ1v) is 9.41. The maximum absolute atomic E-state index is 6.32. The van der Waals surface area contributed by atoms with Crippen molar-refractivity contribution in [3.8, 4) is 0 Å². The molecule has 0 saturated carbocycles. The molecule has 0 spiro atoms. The zero-order chi connectivity index (χ0) is 16.4. The Balaban J connectivity index is 2.18. The van der Waals surface area contributed by atoms with Gasteiger partial charge in [-0.3, -0.25) is 0 Å². The molecule has 0 bridgehead atoms. The number of rotatable bonds is 4. The van der Waals surface area contributed by atoms with Crippen LogP contribution in [0.4, 0.5) is 0 Å². The first-order chi connectivity index (χ1) is 11.1. The molecule has 0 aliphatic carbocycles. The van der Waals surface area contributed by atoms with E-state index in [1.165, 1.54) is 5.71 Å². The highest BCUT2D eigenvalue weighted by atomic mass is 35.5. The molecule has 1 aliphatic heterocycles. The highest BCUT2D eigenvalue weighted by molar-refractivity contribution is 7.99. The lowest BCUT2D eigenvalue weighted by molar-refractivity contribution is 0.126. The van der Waals surface area contributed by atoms with E-state index in [2.05, 4.69) is 9.97 Å². The first kappa shape index (κ1) is 16.7. The Labute approximate surface area is 145 Å². The van der Waals surface area contributed by atoms with Gasteiger partial charge in [0.25, 0.3) is 0 Å². The number of halogens is 1. The monoisotopic (exact) mass is 352 g/mol. The van der Waals surface area contributed by atoms with Gasteiger partial charge in [-0.05, 0) is 50.7 Å². The quantitative estimate of drug-likeness (QED) is 0.781. The number of fused-ring (bicyclic) bond motifs is 1. The van der Waals surface area contributed by atoms with Crippen molar-refractivity contribution < 1.29 is 4.74 Å². The van der Waals surface area contributed by atoms with Crippen molar-refractivity contribution in [1.82, 2.24) is 14.6 Å². The second kappa shape index (κ2) is 7.20. The van der Waals surface area contributed by atoms with E-state index in [1.54, 1.807) is 0 Å². The number of nitrogens with zero attached hydrogens (tertiary/aromatic N) is 4. The maximum Gasteiger partial charge on any atom is 0.157 e. The largest absolute Gasteiger partial charge is 0.374 e. The molecule has 0 aromatic carbocycles. The van der Waals surface area contributed by atoms with Crippen LogP contribution in [0.15, 0.2) is 5.10 Å².